The Hall–Kier alpha value is -2.82. The number of nitrogens with zero attached hydrogens (tertiary/aromatic N) is 1. The van der Waals surface area contributed by atoms with Crippen LogP contribution in [0.25, 0.3) is 0 Å². The maximum atomic E-state index is 12.7. The summed E-state index contributed by atoms with van der Waals surface area (Å²) in [5.74, 6) is -0.252. The van der Waals surface area contributed by atoms with Crippen molar-refractivity contribution in [2.45, 2.75) is 13.0 Å². The quantitative estimate of drug-likeness (QED) is 0.607. The number of fused-ring (bicyclic) bond motifs is 1. The number of halogens is 2. The van der Waals surface area contributed by atoms with E-state index < -0.39 is 0 Å². The van der Waals surface area contributed by atoms with Crippen LogP contribution in [-0.2, 0) is 13.0 Å². The van der Waals surface area contributed by atoms with Crippen LogP contribution in [0.5, 0.6) is 0 Å². The predicted molar refractivity (Wildman–Crippen MR) is 116 cm³/mol. The first-order chi connectivity index (χ1) is 14.0. The number of amides is 2. The molecule has 0 aliphatic carbocycles. The van der Waals surface area contributed by atoms with Crippen molar-refractivity contribution < 1.29 is 9.59 Å². The topological polar surface area (TPSA) is 49.4 Å². The zero-order chi connectivity index (χ0) is 20.4. The molecule has 0 saturated heterocycles. The first kappa shape index (κ1) is 19.5. The maximum Gasteiger partial charge on any atom is 0.255 e. The fraction of sp³-hybridized carbons (Fsp3) is 0.130. The first-order valence-electron chi connectivity index (χ1n) is 9.24. The number of benzene rings is 3. The summed E-state index contributed by atoms with van der Waals surface area (Å²) in [4.78, 5) is 27.1. The van der Waals surface area contributed by atoms with Crippen LogP contribution in [0.2, 0.25) is 10.0 Å². The minimum atomic E-state index is -0.267. The maximum absolute atomic E-state index is 12.7. The SMILES string of the molecule is O=C(Nc1ccc2c(c1)CN(C(=O)c1ccccc1)CC2)c1ccc(Cl)c(Cl)c1. The lowest BCUT2D eigenvalue weighted by molar-refractivity contribution is 0.0734. The van der Waals surface area contributed by atoms with Gasteiger partial charge in [0.25, 0.3) is 11.8 Å². The van der Waals surface area contributed by atoms with Crippen LogP contribution < -0.4 is 5.32 Å². The molecular formula is C23H18Cl2N2O2. The molecule has 0 atom stereocenters. The van der Waals surface area contributed by atoms with E-state index >= 15 is 0 Å². The largest absolute Gasteiger partial charge is 0.334 e. The Morgan fingerprint density at radius 1 is 0.828 bits per heavy atom. The first-order valence-corrected chi connectivity index (χ1v) is 9.99. The normalized spacial score (nSPS) is 13.0. The summed E-state index contributed by atoms with van der Waals surface area (Å²) in [5, 5.41) is 3.62. The third-order valence-electron chi connectivity index (χ3n) is 4.97. The molecule has 0 radical (unpaired) electrons. The Kier molecular flexibility index (Phi) is 5.56. The summed E-state index contributed by atoms with van der Waals surface area (Å²) < 4.78 is 0. The molecule has 2 amide bonds. The van der Waals surface area contributed by atoms with E-state index in [-0.39, 0.29) is 11.8 Å². The van der Waals surface area contributed by atoms with Crippen LogP contribution in [0.3, 0.4) is 0 Å². The van der Waals surface area contributed by atoms with Crippen LogP contribution in [0, 0.1) is 0 Å². The predicted octanol–water partition coefficient (Wildman–Crippen LogP) is 5.44. The summed E-state index contributed by atoms with van der Waals surface area (Å²) in [5.41, 5.74) is 4.01. The number of rotatable bonds is 3. The average molecular weight is 425 g/mol. The molecule has 146 valence electrons. The highest BCUT2D eigenvalue weighted by molar-refractivity contribution is 6.42. The van der Waals surface area contributed by atoms with Crippen LogP contribution in [-0.4, -0.2) is 23.3 Å². The molecule has 3 aromatic carbocycles. The van der Waals surface area contributed by atoms with Crippen molar-refractivity contribution in [3.05, 3.63) is 99.0 Å². The molecule has 0 spiro atoms. The molecule has 4 nitrogen and oxygen atoms in total. The summed E-state index contributed by atoms with van der Waals surface area (Å²) in [6.45, 7) is 1.19. The summed E-state index contributed by atoms with van der Waals surface area (Å²) in [7, 11) is 0. The van der Waals surface area contributed by atoms with Crippen LogP contribution in [0.4, 0.5) is 5.69 Å². The lowest BCUT2D eigenvalue weighted by Crippen LogP contribution is -2.36. The van der Waals surface area contributed by atoms with Gasteiger partial charge in [0.2, 0.25) is 0 Å². The highest BCUT2D eigenvalue weighted by Crippen LogP contribution is 2.26. The van der Waals surface area contributed by atoms with Gasteiger partial charge in [0.05, 0.1) is 10.0 Å². The standard InChI is InChI=1S/C23H18Cl2N2O2/c24-20-9-7-17(13-21(20)25)22(28)26-19-8-6-15-10-11-27(14-18(15)12-19)23(29)16-4-2-1-3-5-16/h1-9,12-13H,10-11,14H2,(H,26,28). The van der Waals surface area contributed by atoms with Crippen molar-refractivity contribution in [3.8, 4) is 0 Å². The van der Waals surface area contributed by atoms with Gasteiger partial charge in [-0.15, -0.1) is 0 Å². The van der Waals surface area contributed by atoms with E-state index in [4.69, 9.17) is 23.2 Å². The summed E-state index contributed by atoms with van der Waals surface area (Å²) >= 11 is 11.9. The second kappa shape index (κ2) is 8.27. The molecule has 1 aliphatic heterocycles. The molecule has 0 bridgehead atoms. The van der Waals surface area contributed by atoms with Gasteiger partial charge in [0, 0.05) is 29.9 Å². The van der Waals surface area contributed by atoms with Crippen LogP contribution in [0.1, 0.15) is 31.8 Å². The highest BCUT2D eigenvalue weighted by Gasteiger charge is 2.22. The molecule has 0 saturated carbocycles. The average Bonchev–Trinajstić information content (AvgIpc) is 2.75. The van der Waals surface area contributed by atoms with E-state index in [0.717, 1.165) is 12.0 Å². The van der Waals surface area contributed by atoms with E-state index in [2.05, 4.69) is 5.32 Å². The van der Waals surface area contributed by atoms with Gasteiger partial charge in [-0.3, -0.25) is 9.59 Å². The number of carbonyl (C=O) groups is 2. The van der Waals surface area contributed by atoms with Crippen molar-refractivity contribution >= 4 is 40.7 Å². The van der Waals surface area contributed by atoms with E-state index in [1.165, 1.54) is 11.6 Å². The van der Waals surface area contributed by atoms with E-state index in [9.17, 15) is 9.59 Å². The van der Waals surface area contributed by atoms with Crippen molar-refractivity contribution in [2.24, 2.45) is 0 Å². The van der Waals surface area contributed by atoms with Gasteiger partial charge < -0.3 is 10.2 Å². The van der Waals surface area contributed by atoms with Crippen molar-refractivity contribution in [1.29, 1.82) is 0 Å². The summed E-state index contributed by atoms with van der Waals surface area (Å²) in [6.07, 6.45) is 0.787. The third-order valence-corrected chi connectivity index (χ3v) is 5.71. The molecule has 3 aromatic rings. The fourth-order valence-electron chi connectivity index (χ4n) is 3.41. The van der Waals surface area contributed by atoms with Gasteiger partial charge in [-0.2, -0.15) is 0 Å². The van der Waals surface area contributed by atoms with E-state index in [0.29, 0.717) is 39.9 Å². The number of nitrogens with one attached hydrogen (secondary N) is 1. The molecule has 29 heavy (non-hydrogen) atoms. The lowest BCUT2D eigenvalue weighted by atomic mass is 9.98. The zero-order valence-electron chi connectivity index (χ0n) is 15.5. The van der Waals surface area contributed by atoms with Gasteiger partial charge in [-0.25, -0.2) is 0 Å². The Morgan fingerprint density at radius 3 is 2.38 bits per heavy atom. The minimum absolute atomic E-state index is 0.0153. The number of anilines is 1. The van der Waals surface area contributed by atoms with E-state index in [1.807, 2.05) is 53.4 Å². The molecule has 0 fully saturated rings. The smallest absolute Gasteiger partial charge is 0.255 e. The number of hydrogen-bond acceptors (Lipinski definition) is 2. The van der Waals surface area contributed by atoms with Gasteiger partial charge in [0.1, 0.15) is 0 Å². The molecule has 1 heterocycles. The highest BCUT2D eigenvalue weighted by atomic mass is 35.5. The molecule has 0 unspecified atom stereocenters. The van der Waals surface area contributed by atoms with Gasteiger partial charge in [0.15, 0.2) is 0 Å². The second-order valence-corrected chi connectivity index (χ2v) is 7.72. The summed E-state index contributed by atoms with van der Waals surface area (Å²) in [6, 6.07) is 19.8. The van der Waals surface area contributed by atoms with Gasteiger partial charge >= 0.3 is 0 Å². The molecular weight excluding hydrogens is 407 g/mol. The van der Waals surface area contributed by atoms with Crippen molar-refractivity contribution in [2.75, 3.05) is 11.9 Å². The molecule has 1 aliphatic rings. The van der Waals surface area contributed by atoms with Gasteiger partial charge in [-0.1, -0.05) is 47.5 Å². The van der Waals surface area contributed by atoms with Crippen molar-refractivity contribution in [1.82, 2.24) is 4.90 Å². The molecule has 4 rings (SSSR count). The number of hydrogen-bond donors (Lipinski definition) is 1. The van der Waals surface area contributed by atoms with Crippen LogP contribution in [0.15, 0.2) is 66.7 Å². The zero-order valence-corrected chi connectivity index (χ0v) is 17.0. The Labute approximate surface area is 179 Å². The Bertz CT molecular complexity index is 1080. The molecule has 6 heteroatoms. The van der Waals surface area contributed by atoms with Crippen LogP contribution >= 0.6 is 23.2 Å². The monoisotopic (exact) mass is 424 g/mol. The number of carbonyl (C=O) groups excluding carboxylic acids is 2. The van der Waals surface area contributed by atoms with Gasteiger partial charge in [-0.05, 0) is 60.0 Å². The van der Waals surface area contributed by atoms with E-state index in [1.54, 1.807) is 12.1 Å². The molecule has 0 aromatic heterocycles. The lowest BCUT2D eigenvalue weighted by Gasteiger charge is -2.29. The fourth-order valence-corrected chi connectivity index (χ4v) is 3.71. The second-order valence-electron chi connectivity index (χ2n) is 6.91. The van der Waals surface area contributed by atoms with Crippen molar-refractivity contribution in [3.63, 3.8) is 0 Å². The molecule has 1 N–H and O–H groups in total. The Morgan fingerprint density at radius 2 is 1.62 bits per heavy atom. The third kappa shape index (κ3) is 4.29. The Balaban J connectivity index is 1.50. The minimum Gasteiger partial charge on any atom is -0.334 e.